The highest BCUT2D eigenvalue weighted by atomic mass is 16.5. The lowest BCUT2D eigenvalue weighted by Crippen LogP contribution is -2.25. The number of methoxy groups -OCH3 is 1. The number of nitrogens with zero attached hydrogens (tertiary/aromatic N) is 4. The highest BCUT2D eigenvalue weighted by Gasteiger charge is 2.16. The maximum Gasteiger partial charge on any atom is 0.261 e. The third kappa shape index (κ3) is 2.26. The molecule has 0 aliphatic carbocycles. The van der Waals surface area contributed by atoms with Crippen LogP contribution in [0.25, 0.3) is 10.9 Å². The summed E-state index contributed by atoms with van der Waals surface area (Å²) in [5, 5.41) is 7.39. The molecule has 1 N–H and O–H groups in total. The summed E-state index contributed by atoms with van der Waals surface area (Å²) in [4.78, 5) is 21.2. The Labute approximate surface area is 120 Å². The number of aryl methyl sites for hydroxylation is 1. The van der Waals surface area contributed by atoms with Crippen LogP contribution in [-0.2, 0) is 0 Å². The molecule has 1 atom stereocenters. The summed E-state index contributed by atoms with van der Waals surface area (Å²) in [7, 11) is 1.56. The lowest BCUT2D eigenvalue weighted by molar-refractivity contribution is 0.415. The standard InChI is InChI=1S/C14H15N5O2/c1-8(13-16-9(2)17-18-13)19-7-15-12-5-4-10(21-3)6-11(12)14(19)20/h4-8H,1-3H3,(H,16,17,18). The van der Waals surface area contributed by atoms with Gasteiger partial charge in [-0.25, -0.2) is 9.97 Å². The lowest BCUT2D eigenvalue weighted by Gasteiger charge is -2.12. The first kappa shape index (κ1) is 13.3. The molecule has 0 aliphatic heterocycles. The van der Waals surface area contributed by atoms with Crippen LogP contribution in [0.2, 0.25) is 0 Å². The molecule has 3 aromatic rings. The molecular formula is C14H15N5O2. The van der Waals surface area contributed by atoms with E-state index in [9.17, 15) is 4.79 Å². The van der Waals surface area contributed by atoms with E-state index in [0.717, 1.165) is 0 Å². The second-order valence-corrected chi connectivity index (χ2v) is 4.80. The van der Waals surface area contributed by atoms with Gasteiger partial charge in [0.05, 0.1) is 30.4 Å². The van der Waals surface area contributed by atoms with Gasteiger partial charge in [0.2, 0.25) is 0 Å². The number of aromatic amines is 1. The molecule has 0 saturated carbocycles. The third-order valence-electron chi connectivity index (χ3n) is 3.40. The Morgan fingerprint density at radius 2 is 2.19 bits per heavy atom. The minimum atomic E-state index is -0.300. The third-order valence-corrected chi connectivity index (χ3v) is 3.40. The van der Waals surface area contributed by atoms with E-state index in [-0.39, 0.29) is 11.6 Å². The van der Waals surface area contributed by atoms with Gasteiger partial charge < -0.3 is 4.74 Å². The normalized spacial score (nSPS) is 12.5. The zero-order valence-corrected chi connectivity index (χ0v) is 12.0. The van der Waals surface area contributed by atoms with Crippen LogP contribution in [0.4, 0.5) is 0 Å². The molecule has 0 radical (unpaired) electrons. The summed E-state index contributed by atoms with van der Waals surface area (Å²) >= 11 is 0. The maximum absolute atomic E-state index is 12.6. The van der Waals surface area contributed by atoms with Crippen LogP contribution >= 0.6 is 0 Å². The Bertz CT molecular complexity index is 852. The van der Waals surface area contributed by atoms with Crippen molar-refractivity contribution in [2.75, 3.05) is 7.11 Å². The Morgan fingerprint density at radius 3 is 2.86 bits per heavy atom. The van der Waals surface area contributed by atoms with E-state index < -0.39 is 0 Å². The van der Waals surface area contributed by atoms with Crippen molar-refractivity contribution in [1.29, 1.82) is 0 Å². The molecule has 0 amide bonds. The Balaban J connectivity index is 2.15. The van der Waals surface area contributed by atoms with Crippen LogP contribution in [0.15, 0.2) is 29.3 Å². The first-order valence-electron chi connectivity index (χ1n) is 6.54. The minimum Gasteiger partial charge on any atom is -0.497 e. The van der Waals surface area contributed by atoms with Crippen LogP contribution in [0.1, 0.15) is 24.6 Å². The van der Waals surface area contributed by atoms with Crippen molar-refractivity contribution in [3.05, 3.63) is 46.5 Å². The number of ether oxygens (including phenoxy) is 1. The summed E-state index contributed by atoms with van der Waals surface area (Å²) in [6.07, 6.45) is 1.52. The fourth-order valence-electron chi connectivity index (χ4n) is 2.19. The van der Waals surface area contributed by atoms with Crippen molar-refractivity contribution in [3.8, 4) is 5.75 Å². The van der Waals surface area contributed by atoms with Gasteiger partial charge in [-0.05, 0) is 32.0 Å². The van der Waals surface area contributed by atoms with Gasteiger partial charge in [-0.3, -0.25) is 14.5 Å². The first-order valence-corrected chi connectivity index (χ1v) is 6.54. The zero-order chi connectivity index (χ0) is 15.0. The fourth-order valence-corrected chi connectivity index (χ4v) is 2.19. The highest BCUT2D eigenvalue weighted by Crippen LogP contribution is 2.18. The number of fused-ring (bicyclic) bond motifs is 1. The minimum absolute atomic E-state index is 0.145. The topological polar surface area (TPSA) is 85.7 Å². The van der Waals surface area contributed by atoms with Crippen LogP contribution < -0.4 is 10.3 Å². The molecule has 2 aromatic heterocycles. The first-order chi connectivity index (χ1) is 10.1. The Hall–Kier alpha value is -2.70. The van der Waals surface area contributed by atoms with Crippen molar-refractivity contribution in [2.24, 2.45) is 0 Å². The summed E-state index contributed by atoms with van der Waals surface area (Å²) in [5.41, 5.74) is 0.490. The second kappa shape index (κ2) is 5.01. The van der Waals surface area contributed by atoms with Crippen LogP contribution in [0, 0.1) is 6.92 Å². The van der Waals surface area contributed by atoms with Gasteiger partial charge in [0.15, 0.2) is 5.82 Å². The molecule has 7 heteroatoms. The van der Waals surface area contributed by atoms with E-state index >= 15 is 0 Å². The molecule has 0 aliphatic rings. The summed E-state index contributed by atoms with van der Waals surface area (Å²) in [5.74, 6) is 1.89. The Kier molecular flexibility index (Phi) is 3.17. The predicted molar refractivity (Wildman–Crippen MR) is 77.5 cm³/mol. The molecule has 1 aromatic carbocycles. The molecule has 7 nitrogen and oxygen atoms in total. The molecule has 3 rings (SSSR count). The molecule has 2 heterocycles. The number of aromatic nitrogens is 5. The van der Waals surface area contributed by atoms with Gasteiger partial charge in [-0.1, -0.05) is 0 Å². The van der Waals surface area contributed by atoms with Gasteiger partial charge in [-0.15, -0.1) is 0 Å². The number of hydrogen-bond acceptors (Lipinski definition) is 5. The number of H-pyrrole nitrogens is 1. The SMILES string of the molecule is COc1ccc2ncn(C(C)c3n[nH]c(C)n3)c(=O)c2c1. The number of rotatable bonds is 3. The van der Waals surface area contributed by atoms with E-state index in [1.165, 1.54) is 10.9 Å². The van der Waals surface area contributed by atoms with Gasteiger partial charge in [0.1, 0.15) is 11.6 Å². The summed E-state index contributed by atoms with van der Waals surface area (Å²) in [6, 6.07) is 4.94. The van der Waals surface area contributed by atoms with Gasteiger partial charge in [0, 0.05) is 0 Å². The Morgan fingerprint density at radius 1 is 1.38 bits per heavy atom. The van der Waals surface area contributed by atoms with Crippen molar-refractivity contribution >= 4 is 10.9 Å². The molecule has 108 valence electrons. The van der Waals surface area contributed by atoms with E-state index in [0.29, 0.717) is 28.3 Å². The van der Waals surface area contributed by atoms with Crippen molar-refractivity contribution in [2.45, 2.75) is 19.9 Å². The molecule has 0 fully saturated rings. The van der Waals surface area contributed by atoms with Crippen molar-refractivity contribution in [1.82, 2.24) is 24.7 Å². The van der Waals surface area contributed by atoms with Crippen molar-refractivity contribution < 1.29 is 4.74 Å². The highest BCUT2D eigenvalue weighted by molar-refractivity contribution is 5.78. The molecule has 21 heavy (non-hydrogen) atoms. The smallest absolute Gasteiger partial charge is 0.261 e. The fraction of sp³-hybridized carbons (Fsp3) is 0.286. The van der Waals surface area contributed by atoms with Crippen LogP contribution in [0.5, 0.6) is 5.75 Å². The van der Waals surface area contributed by atoms with E-state index in [4.69, 9.17) is 4.74 Å². The van der Waals surface area contributed by atoms with E-state index in [1.54, 1.807) is 25.3 Å². The summed E-state index contributed by atoms with van der Waals surface area (Å²) in [6.45, 7) is 3.67. The molecule has 0 saturated heterocycles. The van der Waals surface area contributed by atoms with Gasteiger partial charge in [-0.2, -0.15) is 5.10 Å². The van der Waals surface area contributed by atoms with E-state index in [1.807, 2.05) is 13.8 Å². The second-order valence-electron chi connectivity index (χ2n) is 4.80. The van der Waals surface area contributed by atoms with Crippen molar-refractivity contribution in [3.63, 3.8) is 0 Å². The number of nitrogens with one attached hydrogen (secondary N) is 1. The molecular weight excluding hydrogens is 270 g/mol. The van der Waals surface area contributed by atoms with Crippen LogP contribution in [0.3, 0.4) is 0 Å². The molecule has 0 bridgehead atoms. The zero-order valence-electron chi connectivity index (χ0n) is 12.0. The van der Waals surface area contributed by atoms with Gasteiger partial charge in [0.25, 0.3) is 5.56 Å². The largest absolute Gasteiger partial charge is 0.497 e. The predicted octanol–water partition coefficient (Wildman–Crippen LogP) is 1.44. The van der Waals surface area contributed by atoms with E-state index in [2.05, 4.69) is 20.2 Å². The lowest BCUT2D eigenvalue weighted by atomic mass is 10.2. The number of hydrogen-bond donors (Lipinski definition) is 1. The quantitative estimate of drug-likeness (QED) is 0.787. The average Bonchev–Trinajstić information content (AvgIpc) is 2.93. The maximum atomic E-state index is 12.6. The molecule has 0 spiro atoms. The van der Waals surface area contributed by atoms with Crippen LogP contribution in [-0.4, -0.2) is 31.8 Å². The monoisotopic (exact) mass is 285 g/mol. The summed E-state index contributed by atoms with van der Waals surface area (Å²) < 4.78 is 6.68. The van der Waals surface area contributed by atoms with Gasteiger partial charge >= 0.3 is 0 Å². The molecule has 1 unspecified atom stereocenters. The number of benzene rings is 1. The average molecular weight is 285 g/mol.